The summed E-state index contributed by atoms with van der Waals surface area (Å²) in [6.45, 7) is 5.61. The molecule has 0 amide bonds. The zero-order valence-electron chi connectivity index (χ0n) is 10.3. The van der Waals surface area contributed by atoms with Gasteiger partial charge in [-0.2, -0.15) is 0 Å². The van der Waals surface area contributed by atoms with E-state index in [-0.39, 0.29) is 17.3 Å². The number of aliphatic carboxylic acids is 1. The molecule has 1 heterocycles. The van der Waals surface area contributed by atoms with Crippen LogP contribution in [-0.2, 0) is 4.79 Å². The van der Waals surface area contributed by atoms with Gasteiger partial charge in [0.05, 0.1) is 17.3 Å². The molecular weight excluding hydrogens is 267 g/mol. The van der Waals surface area contributed by atoms with E-state index in [1.54, 1.807) is 22.8 Å². The van der Waals surface area contributed by atoms with Gasteiger partial charge in [0.25, 0.3) is 0 Å². The van der Waals surface area contributed by atoms with Crippen LogP contribution < -0.4 is 0 Å². The van der Waals surface area contributed by atoms with Crippen LogP contribution in [0.25, 0.3) is 11.0 Å². The highest BCUT2D eigenvalue weighted by Gasteiger charge is 2.17. The van der Waals surface area contributed by atoms with Crippen LogP contribution in [0.2, 0.25) is 0 Å². The summed E-state index contributed by atoms with van der Waals surface area (Å²) in [6, 6.07) is 4.61. The van der Waals surface area contributed by atoms with Crippen LogP contribution in [0, 0.1) is 5.82 Å². The summed E-state index contributed by atoms with van der Waals surface area (Å²) in [5.74, 6) is -1.46. The maximum Gasteiger partial charge on any atom is 0.313 e. The Balaban J connectivity index is 2.57. The Kier molecular flexibility index (Phi) is 3.90. The van der Waals surface area contributed by atoms with E-state index in [1.165, 1.54) is 6.07 Å². The Morgan fingerprint density at radius 1 is 1.68 bits per heavy atom. The van der Waals surface area contributed by atoms with Crippen LogP contribution in [0.5, 0.6) is 0 Å². The molecule has 19 heavy (non-hydrogen) atoms. The van der Waals surface area contributed by atoms with Gasteiger partial charge in [-0.3, -0.25) is 4.79 Å². The number of carbonyl (C=O) groups is 1. The molecule has 0 radical (unpaired) electrons. The molecule has 100 valence electrons. The maximum atomic E-state index is 13.7. The highest BCUT2D eigenvalue weighted by atomic mass is 32.2. The van der Waals surface area contributed by atoms with Crippen LogP contribution in [0.4, 0.5) is 4.39 Å². The molecule has 0 saturated carbocycles. The number of benzene rings is 1. The molecule has 0 bridgehead atoms. The van der Waals surface area contributed by atoms with Crippen molar-refractivity contribution in [2.75, 3.05) is 5.75 Å². The third-order valence-corrected chi connectivity index (χ3v) is 3.65. The first-order valence-electron chi connectivity index (χ1n) is 5.68. The number of rotatable bonds is 5. The van der Waals surface area contributed by atoms with E-state index < -0.39 is 11.8 Å². The molecule has 6 heteroatoms. The SMILES string of the molecule is C=CC(C)n1c(SCC(=O)O)nc2c(F)cccc21. The van der Waals surface area contributed by atoms with Crippen molar-refractivity contribution in [3.05, 3.63) is 36.7 Å². The minimum Gasteiger partial charge on any atom is -0.481 e. The first-order valence-corrected chi connectivity index (χ1v) is 6.66. The molecule has 0 aliphatic carbocycles. The number of hydrogen-bond acceptors (Lipinski definition) is 3. The molecule has 0 fully saturated rings. The molecule has 0 spiro atoms. The topological polar surface area (TPSA) is 55.1 Å². The smallest absolute Gasteiger partial charge is 0.313 e. The van der Waals surface area contributed by atoms with Crippen molar-refractivity contribution in [3.63, 3.8) is 0 Å². The summed E-state index contributed by atoms with van der Waals surface area (Å²) in [5.41, 5.74) is 0.893. The van der Waals surface area contributed by atoms with Gasteiger partial charge in [0.1, 0.15) is 5.52 Å². The molecule has 1 aromatic heterocycles. The zero-order chi connectivity index (χ0) is 14.0. The van der Waals surface area contributed by atoms with E-state index in [0.717, 1.165) is 11.8 Å². The average molecular weight is 280 g/mol. The number of hydrogen-bond donors (Lipinski definition) is 1. The normalized spacial score (nSPS) is 12.5. The third-order valence-electron chi connectivity index (χ3n) is 2.71. The fourth-order valence-corrected chi connectivity index (χ4v) is 2.60. The molecule has 1 unspecified atom stereocenters. The van der Waals surface area contributed by atoms with Crippen molar-refractivity contribution >= 4 is 28.8 Å². The number of fused-ring (bicyclic) bond motifs is 1. The van der Waals surface area contributed by atoms with E-state index in [1.807, 2.05) is 6.92 Å². The molecule has 0 aliphatic heterocycles. The van der Waals surface area contributed by atoms with Crippen molar-refractivity contribution in [1.82, 2.24) is 9.55 Å². The number of thioether (sulfide) groups is 1. The Bertz CT molecular complexity index is 639. The number of imidazole rings is 1. The Morgan fingerprint density at radius 2 is 2.42 bits per heavy atom. The average Bonchev–Trinajstić information content (AvgIpc) is 2.75. The molecular formula is C13H13FN2O2S. The lowest BCUT2D eigenvalue weighted by molar-refractivity contribution is -0.133. The van der Waals surface area contributed by atoms with Crippen molar-refractivity contribution < 1.29 is 14.3 Å². The fraction of sp³-hybridized carbons (Fsp3) is 0.231. The quantitative estimate of drug-likeness (QED) is 0.675. The number of allylic oxidation sites excluding steroid dienone is 1. The highest BCUT2D eigenvalue weighted by Crippen LogP contribution is 2.29. The number of halogens is 1. The second kappa shape index (κ2) is 5.44. The van der Waals surface area contributed by atoms with Gasteiger partial charge in [-0.05, 0) is 19.1 Å². The molecule has 2 aromatic rings. The predicted octanol–water partition coefficient (Wildman–Crippen LogP) is 3.10. The third kappa shape index (κ3) is 2.63. The van der Waals surface area contributed by atoms with Gasteiger partial charge in [-0.25, -0.2) is 9.37 Å². The van der Waals surface area contributed by atoms with E-state index in [4.69, 9.17) is 5.11 Å². The van der Waals surface area contributed by atoms with Crippen molar-refractivity contribution in [3.8, 4) is 0 Å². The van der Waals surface area contributed by atoms with Crippen molar-refractivity contribution in [2.24, 2.45) is 0 Å². The largest absolute Gasteiger partial charge is 0.481 e. The van der Waals surface area contributed by atoms with Gasteiger partial charge in [0.2, 0.25) is 0 Å². The monoisotopic (exact) mass is 280 g/mol. The van der Waals surface area contributed by atoms with Gasteiger partial charge >= 0.3 is 5.97 Å². The second-order valence-corrected chi connectivity index (χ2v) is 4.97. The fourth-order valence-electron chi connectivity index (χ4n) is 1.79. The molecule has 1 N–H and O–H groups in total. The Morgan fingerprint density at radius 3 is 3.05 bits per heavy atom. The lowest BCUT2D eigenvalue weighted by atomic mass is 10.2. The van der Waals surface area contributed by atoms with Gasteiger partial charge in [0, 0.05) is 0 Å². The molecule has 2 rings (SSSR count). The number of carboxylic acids is 1. The van der Waals surface area contributed by atoms with E-state index in [0.29, 0.717) is 10.7 Å². The first-order chi connectivity index (χ1) is 9.04. The summed E-state index contributed by atoms with van der Waals surface area (Å²) < 4.78 is 15.5. The van der Waals surface area contributed by atoms with Gasteiger partial charge in [-0.15, -0.1) is 6.58 Å². The molecule has 1 aromatic carbocycles. The molecule has 4 nitrogen and oxygen atoms in total. The minimum atomic E-state index is -0.935. The van der Waals surface area contributed by atoms with Crippen LogP contribution >= 0.6 is 11.8 Å². The maximum absolute atomic E-state index is 13.7. The summed E-state index contributed by atoms with van der Waals surface area (Å²) in [4.78, 5) is 14.8. The van der Waals surface area contributed by atoms with Crippen molar-refractivity contribution in [2.45, 2.75) is 18.1 Å². The summed E-state index contributed by atoms with van der Waals surface area (Å²) >= 11 is 1.07. The molecule has 0 aliphatic rings. The number of aromatic nitrogens is 2. The van der Waals surface area contributed by atoms with E-state index in [2.05, 4.69) is 11.6 Å². The zero-order valence-corrected chi connectivity index (χ0v) is 11.2. The number of nitrogens with zero attached hydrogens (tertiary/aromatic N) is 2. The van der Waals surface area contributed by atoms with Crippen LogP contribution in [-0.4, -0.2) is 26.4 Å². The van der Waals surface area contributed by atoms with E-state index >= 15 is 0 Å². The summed E-state index contributed by atoms with van der Waals surface area (Å²) in [5, 5.41) is 9.22. The van der Waals surface area contributed by atoms with Crippen LogP contribution in [0.15, 0.2) is 36.0 Å². The minimum absolute atomic E-state index is 0.0944. The lowest BCUT2D eigenvalue weighted by Crippen LogP contribution is -2.05. The predicted molar refractivity (Wildman–Crippen MR) is 73.0 cm³/mol. The summed E-state index contributed by atoms with van der Waals surface area (Å²) in [7, 11) is 0. The van der Waals surface area contributed by atoms with Gasteiger partial charge in [-0.1, -0.05) is 23.9 Å². The van der Waals surface area contributed by atoms with E-state index in [9.17, 15) is 9.18 Å². The Hall–Kier alpha value is -1.82. The van der Waals surface area contributed by atoms with Crippen LogP contribution in [0.3, 0.4) is 0 Å². The van der Waals surface area contributed by atoms with Gasteiger partial charge in [0.15, 0.2) is 11.0 Å². The lowest BCUT2D eigenvalue weighted by Gasteiger charge is -2.12. The number of carboxylic acid groups (broad SMARTS) is 1. The second-order valence-electron chi connectivity index (χ2n) is 4.03. The van der Waals surface area contributed by atoms with Crippen molar-refractivity contribution in [1.29, 1.82) is 0 Å². The summed E-state index contributed by atoms with van der Waals surface area (Å²) in [6.07, 6.45) is 1.71. The highest BCUT2D eigenvalue weighted by molar-refractivity contribution is 7.99. The standard InChI is InChI=1S/C13H13FN2O2S/c1-3-8(2)16-10-6-4-5-9(14)12(10)15-13(16)19-7-11(17)18/h3-6,8H,1,7H2,2H3,(H,17,18). The van der Waals surface area contributed by atoms with Gasteiger partial charge < -0.3 is 9.67 Å². The molecule has 0 saturated heterocycles. The Labute approximate surface area is 113 Å². The van der Waals surface area contributed by atoms with Crippen LogP contribution in [0.1, 0.15) is 13.0 Å². The first kappa shape index (κ1) is 13.6. The molecule has 1 atom stereocenters. The number of para-hydroxylation sites is 1.